The van der Waals surface area contributed by atoms with Crippen molar-refractivity contribution in [1.82, 2.24) is 9.88 Å². The highest BCUT2D eigenvalue weighted by atomic mass is 35.5. The predicted octanol–water partition coefficient (Wildman–Crippen LogP) is 5.34. The number of likely N-dealkylation sites (tertiary alicyclic amines) is 1. The number of anilines is 1. The number of hydrogen-bond acceptors (Lipinski definition) is 5. The van der Waals surface area contributed by atoms with Gasteiger partial charge in [0.1, 0.15) is 0 Å². The number of carbonyl (C=O) groups excluding carboxylic acids is 2. The lowest BCUT2D eigenvalue weighted by Gasteiger charge is -2.30. The molecule has 0 saturated carbocycles. The normalized spacial score (nSPS) is 15.5. The number of alkyl halides is 3. The molecule has 2 aromatic rings. The second-order valence-electron chi connectivity index (χ2n) is 7.06. The summed E-state index contributed by atoms with van der Waals surface area (Å²) >= 11 is 13.4. The minimum Gasteiger partial charge on any atom is -0.377 e. The first-order chi connectivity index (χ1) is 14.6. The number of benzene rings is 1. The number of amides is 1. The third kappa shape index (κ3) is 6.95. The van der Waals surface area contributed by atoms with E-state index in [-0.39, 0.29) is 11.8 Å². The van der Waals surface area contributed by atoms with E-state index in [9.17, 15) is 22.8 Å². The van der Waals surface area contributed by atoms with E-state index in [0.29, 0.717) is 53.6 Å². The monoisotopic (exact) mass is 491 g/mol. The molecule has 0 bridgehead atoms. The second kappa shape index (κ2) is 10.0. The lowest BCUT2D eigenvalue weighted by molar-refractivity contribution is -0.165. The molecule has 1 aliphatic heterocycles. The van der Waals surface area contributed by atoms with Gasteiger partial charge in [-0.3, -0.25) is 9.59 Å². The van der Waals surface area contributed by atoms with E-state index in [4.69, 9.17) is 23.2 Å². The highest BCUT2D eigenvalue weighted by Gasteiger charge is 2.36. The second-order valence-corrected chi connectivity index (χ2v) is 9.05. The molecule has 1 aromatic carbocycles. The summed E-state index contributed by atoms with van der Waals surface area (Å²) in [6, 6.07) is 5.28. The molecular formula is C20H18Cl2F3N3O2S. The van der Waals surface area contributed by atoms with Gasteiger partial charge in [0.15, 0.2) is 5.13 Å². The first kappa shape index (κ1) is 23.6. The number of piperidine rings is 1. The highest BCUT2D eigenvalue weighted by molar-refractivity contribution is 7.15. The van der Waals surface area contributed by atoms with Gasteiger partial charge in [0.05, 0.1) is 0 Å². The quantitative estimate of drug-likeness (QED) is 0.554. The van der Waals surface area contributed by atoms with Gasteiger partial charge in [-0.2, -0.15) is 13.2 Å². The van der Waals surface area contributed by atoms with Crippen molar-refractivity contribution < 1.29 is 22.8 Å². The molecule has 1 amide bonds. The minimum atomic E-state index is -4.87. The van der Waals surface area contributed by atoms with Gasteiger partial charge in [-0.15, -0.1) is 11.3 Å². The summed E-state index contributed by atoms with van der Waals surface area (Å²) in [5.74, 6) is -2.35. The molecule has 2 heterocycles. The molecule has 1 N–H and O–H groups in total. The Morgan fingerprint density at radius 1 is 1.19 bits per heavy atom. The van der Waals surface area contributed by atoms with Crippen LogP contribution in [0.4, 0.5) is 18.3 Å². The average molecular weight is 492 g/mol. The van der Waals surface area contributed by atoms with Gasteiger partial charge in [0, 0.05) is 58.8 Å². The number of nitrogens with one attached hydrogen (secondary N) is 1. The van der Waals surface area contributed by atoms with Crippen molar-refractivity contribution in [2.75, 3.05) is 18.4 Å². The largest absolute Gasteiger partial charge is 0.454 e. The van der Waals surface area contributed by atoms with Crippen LogP contribution >= 0.6 is 34.5 Å². The zero-order valence-electron chi connectivity index (χ0n) is 16.1. The Morgan fingerprint density at radius 2 is 1.84 bits per heavy atom. The smallest absolute Gasteiger partial charge is 0.377 e. The summed E-state index contributed by atoms with van der Waals surface area (Å²) in [5.41, 5.74) is 0.934. The standard InChI is InChI=1S/C20H18Cl2F3N3O2S/c21-14-7-12(8-15(22)10-14)9-16-11-26-19(31-16)27-18(30)13-1-4-28(5-2-13)6-3-17(29)20(23,24)25/h3,6-8,10-11,13H,1-2,4-5,9H2,(H,26,27,30). The van der Waals surface area contributed by atoms with Crippen molar-refractivity contribution in [3.05, 3.63) is 57.2 Å². The van der Waals surface area contributed by atoms with Crippen LogP contribution in [0.5, 0.6) is 0 Å². The van der Waals surface area contributed by atoms with Gasteiger partial charge >= 0.3 is 6.18 Å². The van der Waals surface area contributed by atoms with Crippen molar-refractivity contribution in [2.45, 2.75) is 25.4 Å². The number of aromatic nitrogens is 1. The number of hydrogen-bond donors (Lipinski definition) is 1. The molecule has 31 heavy (non-hydrogen) atoms. The van der Waals surface area contributed by atoms with Crippen LogP contribution in [0.15, 0.2) is 36.7 Å². The number of carbonyl (C=O) groups is 2. The molecule has 5 nitrogen and oxygen atoms in total. The molecule has 0 aliphatic carbocycles. The maximum Gasteiger partial charge on any atom is 0.454 e. The first-order valence-corrected chi connectivity index (χ1v) is 10.9. The van der Waals surface area contributed by atoms with Crippen LogP contribution < -0.4 is 5.32 Å². The summed E-state index contributed by atoms with van der Waals surface area (Å²) in [4.78, 5) is 30.2. The summed E-state index contributed by atoms with van der Waals surface area (Å²) in [5, 5.41) is 4.37. The Bertz CT molecular complexity index is 966. The van der Waals surface area contributed by atoms with Crippen LogP contribution in [-0.4, -0.2) is 40.8 Å². The van der Waals surface area contributed by atoms with Crippen LogP contribution in [0.2, 0.25) is 10.0 Å². The summed E-state index contributed by atoms with van der Waals surface area (Å²) < 4.78 is 36.7. The van der Waals surface area contributed by atoms with E-state index in [1.807, 2.05) is 12.1 Å². The summed E-state index contributed by atoms with van der Waals surface area (Å²) in [6.45, 7) is 0.775. The topological polar surface area (TPSA) is 62.3 Å². The number of thiazole rings is 1. The fraction of sp³-hybridized carbons (Fsp3) is 0.350. The SMILES string of the molecule is O=C(Nc1ncc(Cc2cc(Cl)cc(Cl)c2)s1)C1CCN(C=CC(=O)C(F)(F)F)CC1. The van der Waals surface area contributed by atoms with Crippen molar-refractivity contribution in [1.29, 1.82) is 0 Å². The lowest BCUT2D eigenvalue weighted by atomic mass is 9.96. The first-order valence-electron chi connectivity index (χ1n) is 9.34. The van der Waals surface area contributed by atoms with Gasteiger partial charge in [-0.1, -0.05) is 23.2 Å². The Labute approximate surface area is 190 Å². The molecule has 1 fully saturated rings. The van der Waals surface area contributed by atoms with Crippen LogP contribution in [0, 0.1) is 5.92 Å². The molecule has 0 radical (unpaired) electrons. The fourth-order valence-electron chi connectivity index (χ4n) is 3.15. The van der Waals surface area contributed by atoms with E-state index in [0.717, 1.165) is 16.6 Å². The summed E-state index contributed by atoms with van der Waals surface area (Å²) in [6.07, 6.45) is -0.0232. The lowest BCUT2D eigenvalue weighted by Crippen LogP contribution is -2.35. The Hall–Kier alpha value is -2.10. The molecule has 11 heteroatoms. The number of nitrogens with zero attached hydrogens (tertiary/aromatic N) is 2. The fourth-order valence-corrected chi connectivity index (χ4v) is 4.57. The molecule has 3 rings (SSSR count). The third-order valence-electron chi connectivity index (χ3n) is 4.70. The zero-order valence-corrected chi connectivity index (χ0v) is 18.4. The Kier molecular flexibility index (Phi) is 7.61. The molecule has 166 valence electrons. The van der Waals surface area contributed by atoms with Gasteiger partial charge < -0.3 is 10.2 Å². The minimum absolute atomic E-state index is 0.179. The van der Waals surface area contributed by atoms with Crippen LogP contribution in [-0.2, 0) is 16.0 Å². The molecule has 0 unspecified atom stereocenters. The number of ketones is 1. The van der Waals surface area contributed by atoms with E-state index < -0.39 is 12.0 Å². The molecule has 1 aliphatic rings. The van der Waals surface area contributed by atoms with Crippen molar-refractivity contribution in [2.24, 2.45) is 5.92 Å². The zero-order chi connectivity index (χ0) is 22.6. The molecule has 1 aromatic heterocycles. The highest BCUT2D eigenvalue weighted by Crippen LogP contribution is 2.26. The number of rotatable bonds is 6. The van der Waals surface area contributed by atoms with E-state index >= 15 is 0 Å². The van der Waals surface area contributed by atoms with Crippen LogP contribution in [0.3, 0.4) is 0 Å². The van der Waals surface area contributed by atoms with Gasteiger partial charge in [0.25, 0.3) is 5.78 Å². The Morgan fingerprint density at radius 3 is 2.45 bits per heavy atom. The van der Waals surface area contributed by atoms with Crippen molar-refractivity contribution in [3.8, 4) is 0 Å². The number of halogens is 5. The van der Waals surface area contributed by atoms with Gasteiger partial charge in [-0.25, -0.2) is 4.98 Å². The van der Waals surface area contributed by atoms with Crippen LogP contribution in [0.25, 0.3) is 0 Å². The van der Waals surface area contributed by atoms with Gasteiger partial charge in [-0.05, 0) is 36.6 Å². The molecule has 0 spiro atoms. The van der Waals surface area contributed by atoms with Crippen LogP contribution in [0.1, 0.15) is 23.3 Å². The maximum absolute atomic E-state index is 12.5. The molecule has 0 atom stereocenters. The van der Waals surface area contributed by atoms with Crippen molar-refractivity contribution >= 4 is 51.4 Å². The summed E-state index contributed by atoms with van der Waals surface area (Å²) in [7, 11) is 0. The predicted molar refractivity (Wildman–Crippen MR) is 115 cm³/mol. The van der Waals surface area contributed by atoms with E-state index in [2.05, 4.69) is 10.3 Å². The van der Waals surface area contributed by atoms with Gasteiger partial charge in [0.2, 0.25) is 5.91 Å². The Balaban J connectivity index is 1.49. The van der Waals surface area contributed by atoms with Crippen molar-refractivity contribution in [3.63, 3.8) is 0 Å². The average Bonchev–Trinajstić information content (AvgIpc) is 3.11. The van der Waals surface area contributed by atoms with E-state index in [1.165, 1.54) is 11.3 Å². The maximum atomic E-state index is 12.5. The third-order valence-corrected chi connectivity index (χ3v) is 6.05. The molecular weight excluding hydrogens is 474 g/mol. The molecule has 1 saturated heterocycles. The number of allylic oxidation sites excluding steroid dienone is 1. The van der Waals surface area contributed by atoms with E-state index in [1.54, 1.807) is 17.2 Å².